The zero-order chi connectivity index (χ0) is 32.8. The third kappa shape index (κ3) is 7.62. The van der Waals surface area contributed by atoms with Gasteiger partial charge in [-0.1, -0.05) is 31.4 Å². The minimum absolute atomic E-state index is 0.163. The molecule has 8 nitrogen and oxygen atoms in total. The van der Waals surface area contributed by atoms with Gasteiger partial charge in [0, 0.05) is 80.1 Å². The Labute approximate surface area is 273 Å². The lowest BCUT2D eigenvalue weighted by Gasteiger charge is -2.41. The maximum atomic E-state index is 13.9. The molecule has 2 saturated heterocycles. The highest BCUT2D eigenvalue weighted by Crippen LogP contribution is 2.35. The Morgan fingerprint density at radius 3 is 2.48 bits per heavy atom. The molecule has 8 heteroatoms. The van der Waals surface area contributed by atoms with E-state index in [9.17, 15) is 9.59 Å². The Hall–Kier alpha value is -4.14. The number of piperidine rings is 1. The number of benzene rings is 2. The summed E-state index contributed by atoms with van der Waals surface area (Å²) in [5.74, 6) is -0.183. The monoisotopic (exact) mass is 623 g/mol. The molecule has 0 unspecified atom stereocenters. The van der Waals surface area contributed by atoms with Crippen LogP contribution in [0, 0.1) is 20.8 Å². The first-order chi connectivity index (χ1) is 22.2. The second-order valence-electron chi connectivity index (χ2n) is 12.6. The summed E-state index contributed by atoms with van der Waals surface area (Å²) in [6.07, 6.45) is 3.82. The summed E-state index contributed by atoms with van der Waals surface area (Å²) < 4.78 is 5.55. The number of aromatic amines is 1. The number of morpholine rings is 1. The number of likely N-dealkylation sites (tertiary alicyclic amines) is 1. The standard InChI is InChI=1S/C38H49N5O3/c1-7-28(5)42-14-12-33(13-15-42)43(8-2)36-23-32(31-11-9-10-30(21-31)25-41-16-18-46-19-17-41)22-34(29(36)6)37(44)39-24-35-26(3)20-27(4)40-38(35)45/h7,9-11,20-23,33H,1,5,8,12-19,24-25H2,2-4,6H3,(H,39,44)(H,40,45). The number of hydrogen-bond acceptors (Lipinski definition) is 6. The quantitative estimate of drug-likeness (QED) is 0.266. The number of rotatable bonds is 11. The Morgan fingerprint density at radius 2 is 1.80 bits per heavy atom. The van der Waals surface area contributed by atoms with Crippen molar-refractivity contribution >= 4 is 11.6 Å². The fourth-order valence-electron chi connectivity index (χ4n) is 6.85. The van der Waals surface area contributed by atoms with Crippen LogP contribution in [-0.4, -0.2) is 72.7 Å². The maximum Gasteiger partial charge on any atom is 0.253 e. The number of nitrogens with zero attached hydrogens (tertiary/aromatic N) is 3. The summed E-state index contributed by atoms with van der Waals surface area (Å²) in [6.45, 7) is 23.1. The lowest BCUT2D eigenvalue weighted by atomic mass is 9.94. The summed E-state index contributed by atoms with van der Waals surface area (Å²) >= 11 is 0. The fraction of sp³-hybridized carbons (Fsp3) is 0.421. The molecule has 0 spiro atoms. The summed E-state index contributed by atoms with van der Waals surface area (Å²) in [4.78, 5) is 36.7. The minimum atomic E-state index is -0.183. The van der Waals surface area contributed by atoms with Gasteiger partial charge in [-0.15, -0.1) is 0 Å². The lowest BCUT2D eigenvalue weighted by Crippen LogP contribution is -2.44. The number of aromatic nitrogens is 1. The van der Waals surface area contributed by atoms with E-state index in [0.717, 1.165) is 105 Å². The smallest absolute Gasteiger partial charge is 0.253 e. The average molecular weight is 624 g/mol. The van der Waals surface area contributed by atoms with Gasteiger partial charge in [0.2, 0.25) is 0 Å². The van der Waals surface area contributed by atoms with Crippen LogP contribution >= 0.6 is 0 Å². The molecule has 1 aromatic heterocycles. The Kier molecular flexibility index (Phi) is 10.8. The van der Waals surface area contributed by atoms with Gasteiger partial charge in [-0.05, 0) is 98.7 Å². The molecule has 2 N–H and O–H groups in total. The highest BCUT2D eigenvalue weighted by molar-refractivity contribution is 5.99. The second-order valence-corrected chi connectivity index (χ2v) is 12.6. The Balaban J connectivity index is 1.49. The zero-order valence-corrected chi connectivity index (χ0v) is 28.0. The molecule has 0 bridgehead atoms. The topological polar surface area (TPSA) is 80.9 Å². The number of aryl methyl sites for hydroxylation is 2. The molecule has 5 rings (SSSR count). The van der Waals surface area contributed by atoms with E-state index in [1.54, 1.807) is 0 Å². The van der Waals surface area contributed by atoms with E-state index in [2.05, 4.69) is 75.4 Å². The van der Waals surface area contributed by atoms with Gasteiger partial charge in [0.05, 0.1) is 13.2 Å². The van der Waals surface area contributed by atoms with Crippen LogP contribution in [0.5, 0.6) is 0 Å². The second kappa shape index (κ2) is 15.0. The molecule has 2 aliphatic heterocycles. The summed E-state index contributed by atoms with van der Waals surface area (Å²) in [6, 6.07) is 15.2. The van der Waals surface area contributed by atoms with Gasteiger partial charge in [-0.3, -0.25) is 14.5 Å². The number of amides is 1. The van der Waals surface area contributed by atoms with E-state index >= 15 is 0 Å². The number of carbonyl (C=O) groups excluding carboxylic acids is 1. The van der Waals surface area contributed by atoms with Crippen LogP contribution in [0.25, 0.3) is 11.1 Å². The Bertz CT molecular complexity index is 1630. The predicted molar refractivity (Wildman–Crippen MR) is 187 cm³/mol. The van der Waals surface area contributed by atoms with Gasteiger partial charge >= 0.3 is 0 Å². The number of anilines is 1. The fourth-order valence-corrected chi connectivity index (χ4v) is 6.85. The summed E-state index contributed by atoms with van der Waals surface area (Å²) in [5.41, 5.74) is 9.04. The number of nitrogens with one attached hydrogen (secondary N) is 2. The normalized spacial score (nSPS) is 15.9. The Morgan fingerprint density at radius 1 is 1.07 bits per heavy atom. The number of H-pyrrole nitrogens is 1. The number of ether oxygens (including phenoxy) is 1. The molecule has 2 fully saturated rings. The molecule has 0 atom stereocenters. The van der Waals surface area contributed by atoms with Crippen molar-refractivity contribution in [3.8, 4) is 11.1 Å². The molecular formula is C38H49N5O3. The van der Waals surface area contributed by atoms with Gasteiger partial charge < -0.3 is 24.8 Å². The van der Waals surface area contributed by atoms with Crippen LogP contribution in [0.2, 0.25) is 0 Å². The van der Waals surface area contributed by atoms with Crippen molar-refractivity contribution in [2.24, 2.45) is 0 Å². The third-order valence-corrected chi connectivity index (χ3v) is 9.51. The molecule has 244 valence electrons. The first-order valence-corrected chi connectivity index (χ1v) is 16.5. The largest absolute Gasteiger partial charge is 0.379 e. The first kappa shape index (κ1) is 33.2. The van der Waals surface area contributed by atoms with Crippen LogP contribution in [-0.2, 0) is 17.8 Å². The van der Waals surface area contributed by atoms with E-state index in [1.807, 2.05) is 39.0 Å². The zero-order valence-electron chi connectivity index (χ0n) is 28.0. The summed E-state index contributed by atoms with van der Waals surface area (Å²) in [5, 5.41) is 3.07. The van der Waals surface area contributed by atoms with E-state index in [1.165, 1.54) is 5.56 Å². The summed E-state index contributed by atoms with van der Waals surface area (Å²) in [7, 11) is 0. The molecule has 1 amide bonds. The van der Waals surface area contributed by atoms with Crippen molar-refractivity contribution in [1.82, 2.24) is 20.1 Å². The predicted octanol–water partition coefficient (Wildman–Crippen LogP) is 5.72. The van der Waals surface area contributed by atoms with E-state index < -0.39 is 0 Å². The molecule has 0 aliphatic carbocycles. The van der Waals surface area contributed by atoms with Crippen LogP contribution in [0.1, 0.15) is 58.1 Å². The first-order valence-electron chi connectivity index (χ1n) is 16.5. The van der Waals surface area contributed by atoms with Crippen molar-refractivity contribution in [1.29, 1.82) is 0 Å². The maximum absolute atomic E-state index is 13.9. The van der Waals surface area contributed by atoms with Crippen molar-refractivity contribution in [3.63, 3.8) is 0 Å². The number of pyridine rings is 1. The highest BCUT2D eigenvalue weighted by atomic mass is 16.5. The lowest BCUT2D eigenvalue weighted by molar-refractivity contribution is 0.0342. The SMILES string of the molecule is C=CC(=C)N1CCC(N(CC)c2cc(-c3cccc(CN4CCOCC4)c3)cc(C(=O)NCc3c(C)cc(C)[nH]c3=O)c2C)CC1. The van der Waals surface area contributed by atoms with Crippen molar-refractivity contribution < 1.29 is 9.53 Å². The molecule has 3 aromatic rings. The molecule has 2 aromatic carbocycles. The van der Waals surface area contributed by atoms with Gasteiger partial charge in [0.25, 0.3) is 11.5 Å². The number of carbonyl (C=O) groups is 1. The molecule has 3 heterocycles. The molecular weight excluding hydrogens is 574 g/mol. The minimum Gasteiger partial charge on any atom is -0.379 e. The molecule has 0 saturated carbocycles. The average Bonchev–Trinajstić information content (AvgIpc) is 3.05. The number of allylic oxidation sites excluding steroid dienone is 1. The van der Waals surface area contributed by atoms with E-state index in [-0.39, 0.29) is 18.0 Å². The highest BCUT2D eigenvalue weighted by Gasteiger charge is 2.27. The van der Waals surface area contributed by atoms with Gasteiger partial charge in [-0.25, -0.2) is 0 Å². The molecule has 46 heavy (non-hydrogen) atoms. The third-order valence-electron chi connectivity index (χ3n) is 9.51. The van der Waals surface area contributed by atoms with E-state index in [0.29, 0.717) is 17.2 Å². The van der Waals surface area contributed by atoms with Crippen LogP contribution in [0.15, 0.2) is 72.2 Å². The van der Waals surface area contributed by atoms with Crippen molar-refractivity contribution in [2.45, 2.75) is 59.7 Å². The van der Waals surface area contributed by atoms with Crippen LogP contribution < -0.4 is 15.8 Å². The number of hydrogen-bond donors (Lipinski definition) is 2. The van der Waals surface area contributed by atoms with Gasteiger partial charge in [0.1, 0.15) is 0 Å². The molecule has 2 aliphatic rings. The molecule has 0 radical (unpaired) electrons. The van der Waals surface area contributed by atoms with Gasteiger partial charge in [0.15, 0.2) is 0 Å². The van der Waals surface area contributed by atoms with Crippen molar-refractivity contribution in [3.05, 3.63) is 111 Å². The van der Waals surface area contributed by atoms with Crippen molar-refractivity contribution in [2.75, 3.05) is 50.8 Å². The van der Waals surface area contributed by atoms with Gasteiger partial charge in [-0.2, -0.15) is 0 Å². The van der Waals surface area contributed by atoms with Crippen LogP contribution in [0.4, 0.5) is 5.69 Å². The van der Waals surface area contributed by atoms with Crippen LogP contribution in [0.3, 0.4) is 0 Å². The van der Waals surface area contributed by atoms with E-state index in [4.69, 9.17) is 4.74 Å².